The maximum absolute atomic E-state index is 5.47. The summed E-state index contributed by atoms with van der Waals surface area (Å²) in [6, 6.07) is 4.94. The molecule has 1 heterocycles. The van der Waals surface area contributed by atoms with Crippen molar-refractivity contribution < 1.29 is 4.42 Å². The van der Waals surface area contributed by atoms with Gasteiger partial charge < -0.3 is 9.73 Å². The molecule has 1 N–H and O–H groups in total. The Bertz CT molecular complexity index is 279. The van der Waals surface area contributed by atoms with Crippen molar-refractivity contribution in [2.45, 2.75) is 65.5 Å². The molecule has 1 rings (SSSR count). The Balaban J connectivity index is 2.30. The summed E-state index contributed by atoms with van der Waals surface area (Å²) in [6.07, 6.45) is 6.70. The van der Waals surface area contributed by atoms with Gasteiger partial charge in [-0.3, -0.25) is 0 Å². The molecular formula is C15H27NO. The van der Waals surface area contributed by atoms with Gasteiger partial charge in [-0.25, -0.2) is 0 Å². The average molecular weight is 237 g/mol. The van der Waals surface area contributed by atoms with Crippen molar-refractivity contribution in [3.63, 3.8) is 0 Å². The van der Waals surface area contributed by atoms with E-state index in [-0.39, 0.29) is 0 Å². The topological polar surface area (TPSA) is 25.2 Å². The van der Waals surface area contributed by atoms with Crippen molar-refractivity contribution >= 4 is 0 Å². The summed E-state index contributed by atoms with van der Waals surface area (Å²) in [5, 5.41) is 3.65. The Kier molecular flexibility index (Phi) is 6.35. The van der Waals surface area contributed by atoms with Crippen molar-refractivity contribution in [2.24, 2.45) is 5.92 Å². The van der Waals surface area contributed by atoms with Gasteiger partial charge in [0.05, 0.1) is 12.3 Å². The van der Waals surface area contributed by atoms with Crippen LogP contribution in [0.4, 0.5) is 0 Å². The third kappa shape index (κ3) is 5.40. The van der Waals surface area contributed by atoms with E-state index in [1.54, 1.807) is 6.26 Å². The fraction of sp³-hybridized carbons (Fsp3) is 0.733. The number of rotatable bonds is 8. The molecule has 0 saturated carbocycles. The third-order valence-electron chi connectivity index (χ3n) is 3.20. The van der Waals surface area contributed by atoms with E-state index in [2.05, 4.69) is 39.1 Å². The van der Waals surface area contributed by atoms with Crippen molar-refractivity contribution in [2.75, 3.05) is 0 Å². The van der Waals surface area contributed by atoms with Crippen molar-refractivity contribution in [1.82, 2.24) is 5.32 Å². The van der Waals surface area contributed by atoms with E-state index in [0.29, 0.717) is 12.1 Å². The molecule has 0 aromatic carbocycles. The smallest absolute Gasteiger partial charge is 0.120 e. The first kappa shape index (κ1) is 14.3. The number of hydrogen-bond acceptors (Lipinski definition) is 2. The molecule has 0 spiro atoms. The zero-order valence-corrected chi connectivity index (χ0v) is 11.7. The minimum Gasteiger partial charge on any atom is -0.468 e. The largest absolute Gasteiger partial charge is 0.468 e. The van der Waals surface area contributed by atoms with Gasteiger partial charge in [0.15, 0.2) is 0 Å². The van der Waals surface area contributed by atoms with Crippen LogP contribution in [0.1, 0.15) is 65.2 Å². The molecule has 98 valence electrons. The lowest BCUT2D eigenvalue weighted by molar-refractivity contribution is 0.355. The van der Waals surface area contributed by atoms with Gasteiger partial charge >= 0.3 is 0 Å². The molecule has 0 radical (unpaired) electrons. The van der Waals surface area contributed by atoms with Gasteiger partial charge in [0.25, 0.3) is 0 Å². The summed E-state index contributed by atoms with van der Waals surface area (Å²) in [5.74, 6) is 1.87. The molecule has 2 nitrogen and oxygen atoms in total. The Hall–Kier alpha value is -0.760. The quantitative estimate of drug-likeness (QED) is 0.718. The summed E-state index contributed by atoms with van der Waals surface area (Å²) in [7, 11) is 0. The van der Waals surface area contributed by atoms with Crippen molar-refractivity contribution in [3.8, 4) is 0 Å². The highest BCUT2D eigenvalue weighted by molar-refractivity contribution is 5.04. The van der Waals surface area contributed by atoms with Gasteiger partial charge in [0, 0.05) is 6.04 Å². The van der Waals surface area contributed by atoms with E-state index in [9.17, 15) is 0 Å². The average Bonchev–Trinajstić information content (AvgIpc) is 2.78. The van der Waals surface area contributed by atoms with Crippen molar-refractivity contribution in [1.29, 1.82) is 0 Å². The van der Waals surface area contributed by atoms with Crippen LogP contribution in [0.25, 0.3) is 0 Å². The summed E-state index contributed by atoms with van der Waals surface area (Å²) in [5.41, 5.74) is 0. The lowest BCUT2D eigenvalue weighted by atomic mass is 10.0. The molecule has 2 heteroatoms. The summed E-state index contributed by atoms with van der Waals surface area (Å²) >= 11 is 0. The minimum absolute atomic E-state index is 0.360. The molecular weight excluding hydrogens is 210 g/mol. The van der Waals surface area contributed by atoms with E-state index in [4.69, 9.17) is 4.42 Å². The van der Waals surface area contributed by atoms with Crippen LogP contribution >= 0.6 is 0 Å². The van der Waals surface area contributed by atoms with Crippen LogP contribution in [0.3, 0.4) is 0 Å². The van der Waals surface area contributed by atoms with Gasteiger partial charge in [0.2, 0.25) is 0 Å². The Morgan fingerprint density at radius 2 is 2.00 bits per heavy atom. The van der Waals surface area contributed by atoms with Gasteiger partial charge in [-0.05, 0) is 37.8 Å². The second-order valence-electron chi connectivity index (χ2n) is 5.37. The molecule has 2 atom stereocenters. The van der Waals surface area contributed by atoms with Gasteiger partial charge in [-0.2, -0.15) is 0 Å². The van der Waals surface area contributed by atoms with E-state index < -0.39 is 0 Å². The maximum Gasteiger partial charge on any atom is 0.120 e. The molecule has 0 aliphatic rings. The first-order chi connectivity index (χ1) is 8.13. The fourth-order valence-electron chi connectivity index (χ4n) is 2.15. The van der Waals surface area contributed by atoms with Gasteiger partial charge in [0.1, 0.15) is 5.76 Å². The Morgan fingerprint density at radius 1 is 1.24 bits per heavy atom. The first-order valence-electron chi connectivity index (χ1n) is 6.93. The van der Waals surface area contributed by atoms with Crippen LogP contribution in [0, 0.1) is 5.92 Å². The zero-order valence-electron chi connectivity index (χ0n) is 11.7. The molecule has 17 heavy (non-hydrogen) atoms. The Labute approximate surface area is 106 Å². The second kappa shape index (κ2) is 7.54. The lowest BCUT2D eigenvalue weighted by Crippen LogP contribution is -2.30. The second-order valence-corrected chi connectivity index (χ2v) is 5.37. The molecule has 1 aromatic rings. The predicted molar refractivity (Wildman–Crippen MR) is 73.0 cm³/mol. The minimum atomic E-state index is 0.360. The molecule has 1 aromatic heterocycles. The molecule has 2 unspecified atom stereocenters. The van der Waals surface area contributed by atoms with Crippen LogP contribution in [-0.2, 0) is 0 Å². The zero-order chi connectivity index (χ0) is 12.7. The van der Waals surface area contributed by atoms with Gasteiger partial charge in [-0.1, -0.05) is 33.6 Å². The number of nitrogens with one attached hydrogen (secondary N) is 1. The highest BCUT2D eigenvalue weighted by Crippen LogP contribution is 2.18. The highest BCUT2D eigenvalue weighted by Gasteiger charge is 2.14. The molecule has 0 amide bonds. The first-order valence-corrected chi connectivity index (χ1v) is 6.93. The number of hydrogen-bond donors (Lipinski definition) is 1. The van der Waals surface area contributed by atoms with Crippen LogP contribution in [0.2, 0.25) is 0 Å². The van der Waals surface area contributed by atoms with E-state index >= 15 is 0 Å². The summed E-state index contributed by atoms with van der Waals surface area (Å²) in [6.45, 7) is 9.04. The summed E-state index contributed by atoms with van der Waals surface area (Å²) < 4.78 is 5.47. The van der Waals surface area contributed by atoms with Crippen LogP contribution in [-0.4, -0.2) is 6.04 Å². The molecule has 0 saturated heterocycles. The van der Waals surface area contributed by atoms with E-state index in [0.717, 1.165) is 18.1 Å². The lowest BCUT2D eigenvalue weighted by Gasteiger charge is -2.21. The van der Waals surface area contributed by atoms with Crippen LogP contribution in [0.5, 0.6) is 0 Å². The predicted octanol–water partition coefficient (Wildman–Crippen LogP) is 4.54. The molecule has 0 aliphatic carbocycles. The monoisotopic (exact) mass is 237 g/mol. The normalized spacial score (nSPS) is 15.1. The Morgan fingerprint density at radius 3 is 2.53 bits per heavy atom. The third-order valence-corrected chi connectivity index (χ3v) is 3.20. The van der Waals surface area contributed by atoms with E-state index in [1.165, 1.54) is 19.3 Å². The van der Waals surface area contributed by atoms with Crippen LogP contribution in [0.15, 0.2) is 22.8 Å². The highest BCUT2D eigenvalue weighted by atomic mass is 16.3. The molecule has 0 fully saturated rings. The standard InChI is InChI=1S/C15H27NO/c1-5-14(15-10-7-11-17-15)16-13(4)9-6-8-12(2)3/h7,10-14,16H,5-6,8-9H2,1-4H3. The number of furan rings is 1. The van der Waals surface area contributed by atoms with Crippen LogP contribution < -0.4 is 5.32 Å². The van der Waals surface area contributed by atoms with E-state index in [1.807, 2.05) is 6.07 Å². The van der Waals surface area contributed by atoms with Crippen molar-refractivity contribution in [3.05, 3.63) is 24.2 Å². The summed E-state index contributed by atoms with van der Waals surface area (Å²) in [4.78, 5) is 0. The maximum atomic E-state index is 5.47. The molecule has 0 aliphatic heterocycles. The SMILES string of the molecule is CCC(NC(C)CCCC(C)C)c1ccco1. The van der Waals surface area contributed by atoms with Gasteiger partial charge in [-0.15, -0.1) is 0 Å². The fourth-order valence-corrected chi connectivity index (χ4v) is 2.15. The molecule has 0 bridgehead atoms.